The van der Waals surface area contributed by atoms with Gasteiger partial charge in [-0.1, -0.05) is 35.5 Å². The van der Waals surface area contributed by atoms with Crippen LogP contribution in [0.1, 0.15) is 5.56 Å². The largest absolute Gasteiger partial charge is 0.410 e. The van der Waals surface area contributed by atoms with Crippen molar-refractivity contribution in [2.75, 3.05) is 0 Å². The van der Waals surface area contributed by atoms with E-state index in [0.29, 0.717) is 5.56 Å². The van der Waals surface area contributed by atoms with Crippen molar-refractivity contribution in [3.8, 4) is 0 Å². The molecule has 1 rings (SSSR count). The summed E-state index contributed by atoms with van der Waals surface area (Å²) in [6.07, 6.45) is 0. The lowest BCUT2D eigenvalue weighted by molar-refractivity contribution is -0.112. The summed E-state index contributed by atoms with van der Waals surface area (Å²) in [6.45, 7) is 0. The van der Waals surface area contributed by atoms with Gasteiger partial charge in [0.2, 0.25) is 0 Å². The molecule has 14 heavy (non-hydrogen) atoms. The molecule has 0 bridgehead atoms. The highest BCUT2D eigenvalue weighted by atomic mass is 16.4. The maximum absolute atomic E-state index is 11.1. The minimum Gasteiger partial charge on any atom is -0.410 e. The Kier molecular flexibility index (Phi) is 3.23. The van der Waals surface area contributed by atoms with Gasteiger partial charge in [-0.25, -0.2) is 0 Å². The SMILES string of the molecule is [N-]=[N+]=NC(=O)/C(=N/O)c1ccccc1. The van der Waals surface area contributed by atoms with Crippen LogP contribution in [-0.2, 0) is 4.79 Å². The summed E-state index contributed by atoms with van der Waals surface area (Å²) in [6, 6.07) is 8.23. The van der Waals surface area contributed by atoms with Crippen molar-refractivity contribution in [1.29, 1.82) is 0 Å². The minimum atomic E-state index is -0.916. The number of hydrogen-bond acceptors (Lipinski definition) is 3. The summed E-state index contributed by atoms with van der Waals surface area (Å²) in [7, 11) is 0. The summed E-state index contributed by atoms with van der Waals surface area (Å²) in [4.78, 5) is 13.4. The summed E-state index contributed by atoms with van der Waals surface area (Å²) >= 11 is 0. The number of amides is 1. The molecule has 0 heterocycles. The highest BCUT2D eigenvalue weighted by Crippen LogP contribution is 2.02. The lowest BCUT2D eigenvalue weighted by Crippen LogP contribution is -2.12. The van der Waals surface area contributed by atoms with Gasteiger partial charge in [0.25, 0.3) is 5.91 Å². The van der Waals surface area contributed by atoms with Crippen LogP contribution >= 0.6 is 0 Å². The van der Waals surface area contributed by atoms with E-state index in [1.165, 1.54) is 0 Å². The number of azide groups is 1. The molecule has 0 radical (unpaired) electrons. The fourth-order valence-corrected chi connectivity index (χ4v) is 0.908. The van der Waals surface area contributed by atoms with Crippen LogP contribution in [0.15, 0.2) is 40.6 Å². The maximum atomic E-state index is 11.1. The summed E-state index contributed by atoms with van der Waals surface area (Å²) in [5.74, 6) is -0.916. The first-order valence-electron chi connectivity index (χ1n) is 3.66. The van der Waals surface area contributed by atoms with Gasteiger partial charge in [0.1, 0.15) is 0 Å². The van der Waals surface area contributed by atoms with Gasteiger partial charge < -0.3 is 5.21 Å². The molecule has 6 nitrogen and oxygen atoms in total. The van der Waals surface area contributed by atoms with Crippen LogP contribution in [0.2, 0.25) is 0 Å². The molecule has 0 atom stereocenters. The highest BCUT2D eigenvalue weighted by Gasteiger charge is 2.11. The summed E-state index contributed by atoms with van der Waals surface area (Å²) < 4.78 is 0. The van der Waals surface area contributed by atoms with Gasteiger partial charge in [-0.2, -0.15) is 0 Å². The molecule has 1 aromatic carbocycles. The molecule has 0 saturated heterocycles. The zero-order valence-electron chi connectivity index (χ0n) is 7.03. The molecule has 0 fully saturated rings. The average Bonchev–Trinajstić information content (AvgIpc) is 2.21. The van der Waals surface area contributed by atoms with Crippen LogP contribution in [0, 0.1) is 0 Å². The third-order valence-corrected chi connectivity index (χ3v) is 1.49. The van der Waals surface area contributed by atoms with E-state index in [2.05, 4.69) is 15.2 Å². The quantitative estimate of drug-likeness (QED) is 0.192. The molecule has 1 amide bonds. The normalized spacial score (nSPS) is 10.4. The average molecular weight is 190 g/mol. The monoisotopic (exact) mass is 190 g/mol. The number of carbonyl (C=O) groups excluding carboxylic acids is 1. The third kappa shape index (κ3) is 2.09. The number of nitrogens with zero attached hydrogens (tertiary/aromatic N) is 4. The molecule has 0 aliphatic carbocycles. The van der Waals surface area contributed by atoms with Crippen LogP contribution in [0.25, 0.3) is 10.4 Å². The Balaban J connectivity index is 3.07. The standard InChI is InChI=1S/C8H6N4O2/c9-12-10-8(13)7(11-14)6-4-2-1-3-5-6/h1-5,14H/b11-7+. The van der Waals surface area contributed by atoms with Gasteiger partial charge in [-0.05, 0) is 10.6 Å². The van der Waals surface area contributed by atoms with Crippen molar-refractivity contribution in [1.82, 2.24) is 0 Å². The number of benzene rings is 1. The molecule has 1 aromatic rings. The van der Waals surface area contributed by atoms with Crippen LogP contribution in [0.3, 0.4) is 0 Å². The molecule has 1 N–H and O–H groups in total. The van der Waals surface area contributed by atoms with E-state index in [1.807, 2.05) is 0 Å². The van der Waals surface area contributed by atoms with Crippen molar-refractivity contribution in [3.63, 3.8) is 0 Å². The highest BCUT2D eigenvalue weighted by molar-refractivity contribution is 6.45. The van der Waals surface area contributed by atoms with Crippen molar-refractivity contribution in [3.05, 3.63) is 46.3 Å². The van der Waals surface area contributed by atoms with E-state index < -0.39 is 5.91 Å². The molecular weight excluding hydrogens is 184 g/mol. The van der Waals surface area contributed by atoms with E-state index in [4.69, 9.17) is 10.7 Å². The first-order valence-corrected chi connectivity index (χ1v) is 3.66. The number of rotatable bonds is 2. The zero-order chi connectivity index (χ0) is 10.4. The van der Waals surface area contributed by atoms with Crippen molar-refractivity contribution >= 4 is 11.6 Å². The number of carbonyl (C=O) groups is 1. The first-order chi connectivity index (χ1) is 6.79. The Morgan fingerprint density at radius 2 is 2.00 bits per heavy atom. The fraction of sp³-hybridized carbons (Fsp3) is 0. The van der Waals surface area contributed by atoms with Crippen molar-refractivity contribution in [2.24, 2.45) is 10.3 Å². The van der Waals surface area contributed by atoms with E-state index in [9.17, 15) is 4.79 Å². The van der Waals surface area contributed by atoms with Crippen molar-refractivity contribution < 1.29 is 10.0 Å². The van der Waals surface area contributed by atoms with E-state index in [-0.39, 0.29) is 5.71 Å². The maximum Gasteiger partial charge on any atom is 0.271 e. The fourth-order valence-electron chi connectivity index (χ4n) is 0.908. The van der Waals surface area contributed by atoms with Crippen LogP contribution in [-0.4, -0.2) is 16.8 Å². The lowest BCUT2D eigenvalue weighted by Gasteiger charge is -1.97. The molecule has 6 heteroatoms. The van der Waals surface area contributed by atoms with Gasteiger partial charge in [-0.3, -0.25) is 4.79 Å². The second kappa shape index (κ2) is 4.64. The third-order valence-electron chi connectivity index (χ3n) is 1.49. The Hall–Kier alpha value is -2.33. The molecule has 0 aliphatic heterocycles. The van der Waals surface area contributed by atoms with E-state index in [1.54, 1.807) is 30.3 Å². The summed E-state index contributed by atoms with van der Waals surface area (Å²) in [5.41, 5.74) is 8.15. The lowest BCUT2D eigenvalue weighted by atomic mass is 10.1. The van der Waals surface area contributed by atoms with Gasteiger partial charge in [0, 0.05) is 10.5 Å². The predicted molar refractivity (Wildman–Crippen MR) is 48.9 cm³/mol. The van der Waals surface area contributed by atoms with Gasteiger partial charge in [0.05, 0.1) is 0 Å². The smallest absolute Gasteiger partial charge is 0.271 e. The number of hydrogen-bond donors (Lipinski definition) is 1. The first kappa shape index (κ1) is 9.76. The van der Waals surface area contributed by atoms with Crippen LogP contribution in [0.5, 0.6) is 0 Å². The topological polar surface area (TPSA) is 98.4 Å². The molecular formula is C8H6N4O2. The predicted octanol–water partition coefficient (Wildman–Crippen LogP) is 1.70. The van der Waals surface area contributed by atoms with E-state index in [0.717, 1.165) is 0 Å². The van der Waals surface area contributed by atoms with Crippen molar-refractivity contribution in [2.45, 2.75) is 0 Å². The molecule has 70 valence electrons. The van der Waals surface area contributed by atoms with Gasteiger partial charge >= 0.3 is 0 Å². The number of oxime groups is 1. The Bertz CT molecular complexity index is 407. The molecule has 0 spiro atoms. The van der Waals surface area contributed by atoms with Crippen LogP contribution < -0.4 is 0 Å². The minimum absolute atomic E-state index is 0.275. The zero-order valence-corrected chi connectivity index (χ0v) is 7.03. The molecule has 0 unspecified atom stereocenters. The Labute approximate surface area is 79.1 Å². The molecule has 0 aliphatic rings. The van der Waals surface area contributed by atoms with Crippen LogP contribution in [0.4, 0.5) is 0 Å². The van der Waals surface area contributed by atoms with Gasteiger partial charge in [0.15, 0.2) is 5.71 Å². The molecule has 0 saturated carbocycles. The van der Waals surface area contributed by atoms with Gasteiger partial charge in [-0.15, -0.1) is 0 Å². The Morgan fingerprint density at radius 3 is 2.50 bits per heavy atom. The molecule has 0 aromatic heterocycles. The summed E-state index contributed by atoms with van der Waals surface area (Å²) in [5, 5.41) is 14.2. The van der Waals surface area contributed by atoms with E-state index >= 15 is 0 Å². The Morgan fingerprint density at radius 1 is 1.36 bits per heavy atom. The second-order valence-corrected chi connectivity index (χ2v) is 2.31. The second-order valence-electron chi connectivity index (χ2n) is 2.31.